The van der Waals surface area contributed by atoms with Gasteiger partial charge in [0.15, 0.2) is 0 Å². The first-order valence-electron chi connectivity index (χ1n) is 12.5. The van der Waals surface area contributed by atoms with Crippen LogP contribution in [0.15, 0.2) is 48.7 Å². The smallest absolute Gasteiger partial charge is 0.487 e. The maximum atomic E-state index is 15.0. The summed E-state index contributed by atoms with van der Waals surface area (Å²) >= 11 is 0. The molecule has 0 radical (unpaired) electrons. The fraction of sp³-hybridized carbons (Fsp3) is 0.370. The molecule has 0 aliphatic heterocycles. The van der Waals surface area contributed by atoms with Gasteiger partial charge in [0.25, 0.3) is 0 Å². The molecule has 1 N–H and O–H groups in total. The summed E-state index contributed by atoms with van der Waals surface area (Å²) in [7, 11) is 1.80. The van der Waals surface area contributed by atoms with Crippen molar-refractivity contribution < 1.29 is 36.9 Å². The summed E-state index contributed by atoms with van der Waals surface area (Å²) in [6, 6.07) is 10.0. The van der Waals surface area contributed by atoms with Gasteiger partial charge >= 0.3 is 12.3 Å². The number of rotatable bonds is 8. The van der Waals surface area contributed by atoms with Crippen LogP contribution in [-0.2, 0) is 25.0 Å². The number of carboxylic acids is 1. The highest BCUT2D eigenvalue weighted by Crippen LogP contribution is 2.39. The average Bonchev–Trinajstić information content (AvgIpc) is 3.46. The predicted molar refractivity (Wildman–Crippen MR) is 132 cm³/mol. The lowest BCUT2D eigenvalue weighted by atomic mass is 9.78. The van der Waals surface area contributed by atoms with Crippen molar-refractivity contribution in [3.63, 3.8) is 0 Å². The molecule has 8 nitrogen and oxygen atoms in total. The summed E-state index contributed by atoms with van der Waals surface area (Å²) in [5.41, 5.74) is 1.99. The third kappa shape index (κ3) is 5.99. The quantitative estimate of drug-likeness (QED) is 0.281. The Labute approximate surface area is 220 Å². The van der Waals surface area contributed by atoms with Crippen LogP contribution in [0.2, 0.25) is 0 Å². The molecule has 5 rings (SSSR count). The molecule has 2 aromatic carbocycles. The number of hydrogen-bond acceptors (Lipinski definition) is 5. The van der Waals surface area contributed by atoms with Crippen LogP contribution in [0.5, 0.6) is 11.5 Å². The number of aromatic nitrogens is 4. The standard InChI is InChI=1S/C27H26F4N4O4/c1-34-11-10-17(33-34)15-38-18-8-9-23-24(13-18)35(25(32-23)20-4-2-3-5-21(20)26(36)37)14-16-6-7-19(12-22(16)28)39-27(29,30)31/h6-13,20-21H,2-5,14-15H2,1H3,(H,36,37). The number of carboxylic acid groups (broad SMARTS) is 1. The topological polar surface area (TPSA) is 91.4 Å². The second-order valence-corrected chi connectivity index (χ2v) is 9.61. The molecular formula is C27H26F4N4O4. The van der Waals surface area contributed by atoms with Gasteiger partial charge in [0.05, 0.1) is 29.2 Å². The molecule has 0 amide bonds. The van der Waals surface area contributed by atoms with Crippen molar-refractivity contribution in [2.45, 2.75) is 51.1 Å². The van der Waals surface area contributed by atoms with E-state index in [4.69, 9.17) is 9.72 Å². The third-order valence-corrected chi connectivity index (χ3v) is 6.91. The number of halogens is 4. The number of benzene rings is 2. The highest BCUT2D eigenvalue weighted by Gasteiger charge is 2.36. The van der Waals surface area contributed by atoms with Crippen LogP contribution >= 0.6 is 0 Å². The Hall–Kier alpha value is -4.09. The lowest BCUT2D eigenvalue weighted by Crippen LogP contribution is -2.28. The zero-order valence-corrected chi connectivity index (χ0v) is 21.0. The lowest BCUT2D eigenvalue weighted by Gasteiger charge is -2.28. The van der Waals surface area contributed by atoms with Gasteiger partial charge in [-0.3, -0.25) is 9.48 Å². The van der Waals surface area contributed by atoms with Crippen molar-refractivity contribution in [2.24, 2.45) is 13.0 Å². The predicted octanol–water partition coefficient (Wildman–Crippen LogP) is 5.79. The Balaban J connectivity index is 1.53. The van der Waals surface area contributed by atoms with Crippen LogP contribution in [0.3, 0.4) is 0 Å². The monoisotopic (exact) mass is 546 g/mol. The minimum absolute atomic E-state index is 0.0729. The van der Waals surface area contributed by atoms with Gasteiger partial charge in [-0.25, -0.2) is 9.37 Å². The number of ether oxygens (including phenoxy) is 2. The van der Waals surface area contributed by atoms with E-state index in [2.05, 4.69) is 9.84 Å². The number of imidazole rings is 1. The van der Waals surface area contributed by atoms with Crippen molar-refractivity contribution in [3.05, 3.63) is 71.6 Å². The molecule has 2 atom stereocenters. The zero-order chi connectivity index (χ0) is 27.7. The number of nitrogens with zero attached hydrogens (tertiary/aromatic N) is 4. The maximum absolute atomic E-state index is 15.0. The maximum Gasteiger partial charge on any atom is 0.573 e. The van der Waals surface area contributed by atoms with Gasteiger partial charge in [-0.05, 0) is 37.1 Å². The van der Waals surface area contributed by atoms with Crippen LogP contribution < -0.4 is 9.47 Å². The molecule has 1 aliphatic rings. The Morgan fingerprint density at radius 2 is 1.87 bits per heavy atom. The molecule has 2 heterocycles. The number of alkyl halides is 3. The average molecular weight is 547 g/mol. The fourth-order valence-electron chi connectivity index (χ4n) is 5.12. The summed E-state index contributed by atoms with van der Waals surface area (Å²) in [6.07, 6.45) is -0.432. The number of fused-ring (bicyclic) bond motifs is 1. The Morgan fingerprint density at radius 3 is 2.56 bits per heavy atom. The number of hydrogen-bond donors (Lipinski definition) is 1. The first-order chi connectivity index (χ1) is 18.6. The van der Waals surface area contributed by atoms with Gasteiger partial charge in [-0.15, -0.1) is 13.2 Å². The lowest BCUT2D eigenvalue weighted by molar-refractivity contribution is -0.274. The first kappa shape index (κ1) is 26.5. The minimum Gasteiger partial charge on any atom is -0.487 e. The first-order valence-corrected chi connectivity index (χ1v) is 12.5. The Bertz CT molecular complexity index is 1500. The van der Waals surface area contributed by atoms with E-state index in [1.54, 1.807) is 40.7 Å². The van der Waals surface area contributed by atoms with Crippen LogP contribution in [0.25, 0.3) is 11.0 Å². The van der Waals surface area contributed by atoms with E-state index in [9.17, 15) is 27.5 Å². The normalized spacial score (nSPS) is 17.9. The molecule has 0 bridgehead atoms. The third-order valence-electron chi connectivity index (χ3n) is 6.91. The second kappa shape index (κ2) is 10.6. The van der Waals surface area contributed by atoms with Crippen LogP contribution in [0, 0.1) is 11.7 Å². The fourth-order valence-corrected chi connectivity index (χ4v) is 5.12. The van der Waals surface area contributed by atoms with E-state index >= 15 is 0 Å². The highest BCUT2D eigenvalue weighted by molar-refractivity contribution is 5.79. The molecule has 1 fully saturated rings. The van der Waals surface area contributed by atoms with E-state index < -0.39 is 35.7 Å². The van der Waals surface area contributed by atoms with Crippen molar-refractivity contribution in [3.8, 4) is 11.5 Å². The van der Waals surface area contributed by atoms with E-state index in [0.717, 1.165) is 24.6 Å². The van der Waals surface area contributed by atoms with Gasteiger partial charge < -0.3 is 19.1 Å². The zero-order valence-electron chi connectivity index (χ0n) is 21.0. The molecule has 12 heteroatoms. The van der Waals surface area contributed by atoms with Gasteiger partial charge in [-0.1, -0.05) is 18.9 Å². The van der Waals surface area contributed by atoms with E-state index in [0.29, 0.717) is 41.5 Å². The number of carbonyl (C=O) groups is 1. The molecule has 0 saturated heterocycles. The van der Waals surface area contributed by atoms with Gasteiger partial charge in [0.1, 0.15) is 29.7 Å². The Kier molecular flexibility index (Phi) is 7.19. The van der Waals surface area contributed by atoms with Crippen molar-refractivity contribution in [1.29, 1.82) is 0 Å². The van der Waals surface area contributed by atoms with E-state index in [1.165, 1.54) is 6.07 Å². The second-order valence-electron chi connectivity index (χ2n) is 9.61. The SMILES string of the molecule is Cn1ccc(COc2ccc3nc(C4CCCCC4C(=O)O)n(Cc4ccc(OC(F)(F)F)cc4F)c3c2)n1. The highest BCUT2D eigenvalue weighted by atomic mass is 19.4. The molecule has 4 aromatic rings. The van der Waals surface area contributed by atoms with Gasteiger partial charge in [0.2, 0.25) is 0 Å². The molecular weight excluding hydrogens is 520 g/mol. The summed E-state index contributed by atoms with van der Waals surface area (Å²) in [4.78, 5) is 16.8. The minimum atomic E-state index is -4.94. The van der Waals surface area contributed by atoms with Crippen molar-refractivity contribution in [2.75, 3.05) is 0 Å². The van der Waals surface area contributed by atoms with Gasteiger partial charge in [0, 0.05) is 36.9 Å². The molecule has 39 heavy (non-hydrogen) atoms. The van der Waals surface area contributed by atoms with Gasteiger partial charge in [-0.2, -0.15) is 5.10 Å². The molecule has 2 aromatic heterocycles. The van der Waals surface area contributed by atoms with E-state index in [-0.39, 0.29) is 18.7 Å². The molecule has 1 saturated carbocycles. The molecule has 0 spiro atoms. The van der Waals surface area contributed by atoms with Crippen LogP contribution in [-0.4, -0.2) is 36.8 Å². The molecule has 1 aliphatic carbocycles. The summed E-state index contributed by atoms with van der Waals surface area (Å²) in [6.45, 7) is 0.142. The number of aliphatic carboxylic acids is 1. The molecule has 2 unspecified atom stereocenters. The summed E-state index contributed by atoms with van der Waals surface area (Å²) in [5.74, 6) is -2.52. The van der Waals surface area contributed by atoms with Crippen molar-refractivity contribution in [1.82, 2.24) is 19.3 Å². The number of aryl methyl sites for hydroxylation is 1. The molecule has 206 valence electrons. The van der Waals surface area contributed by atoms with Crippen LogP contribution in [0.4, 0.5) is 17.6 Å². The largest absolute Gasteiger partial charge is 0.573 e. The van der Waals surface area contributed by atoms with Crippen molar-refractivity contribution >= 4 is 17.0 Å². The summed E-state index contributed by atoms with van der Waals surface area (Å²) in [5, 5.41) is 14.2. The summed E-state index contributed by atoms with van der Waals surface area (Å²) < 4.78 is 65.9. The van der Waals surface area contributed by atoms with Crippen LogP contribution in [0.1, 0.15) is 48.7 Å². The Morgan fingerprint density at radius 1 is 1.10 bits per heavy atom. The van der Waals surface area contributed by atoms with E-state index in [1.807, 2.05) is 6.07 Å².